The number of aliphatic hydroxyl groups is 1. The number of β-amino-alcohol motifs (C(OH)–C–C–N with tert-alkyl or cyclic N) is 1. The van der Waals surface area contributed by atoms with Crippen molar-refractivity contribution < 1.29 is 14.7 Å². The predicted molar refractivity (Wildman–Crippen MR) is 95.3 cm³/mol. The van der Waals surface area contributed by atoms with Crippen molar-refractivity contribution >= 4 is 11.8 Å². The molecule has 26 heavy (non-hydrogen) atoms. The van der Waals surface area contributed by atoms with Crippen LogP contribution in [0.1, 0.15) is 64.6 Å². The zero-order valence-electron chi connectivity index (χ0n) is 16.0. The fraction of sp³-hybridized carbons (Fsp3) is 0.778. The van der Waals surface area contributed by atoms with E-state index in [1.807, 2.05) is 33.9 Å². The van der Waals surface area contributed by atoms with Gasteiger partial charge in [-0.2, -0.15) is 0 Å². The lowest BCUT2D eigenvalue weighted by Gasteiger charge is -2.34. The Bertz CT molecular complexity index is 677. The minimum Gasteiger partial charge on any atom is -0.391 e. The van der Waals surface area contributed by atoms with Crippen molar-refractivity contribution in [3.63, 3.8) is 0 Å². The SMILES string of the molecule is CCNC(=O)C1CC(O)CN1C(=O)C(n1cc(C2CC2)nn1)C(C)(C)C. The minimum absolute atomic E-state index is 0.164. The second kappa shape index (κ2) is 6.98. The third-order valence-corrected chi connectivity index (χ3v) is 5.06. The Morgan fingerprint density at radius 2 is 2.08 bits per heavy atom. The van der Waals surface area contributed by atoms with E-state index in [1.165, 1.54) is 4.90 Å². The predicted octanol–water partition coefficient (Wildman–Crippen LogP) is 0.841. The van der Waals surface area contributed by atoms with Crippen molar-refractivity contribution in [2.24, 2.45) is 5.41 Å². The first kappa shape index (κ1) is 18.8. The summed E-state index contributed by atoms with van der Waals surface area (Å²) in [5.41, 5.74) is 0.513. The van der Waals surface area contributed by atoms with Crippen LogP contribution in [0, 0.1) is 5.41 Å². The summed E-state index contributed by atoms with van der Waals surface area (Å²) < 4.78 is 1.63. The van der Waals surface area contributed by atoms with Gasteiger partial charge in [0.1, 0.15) is 12.1 Å². The van der Waals surface area contributed by atoms with Crippen LogP contribution in [0.2, 0.25) is 0 Å². The molecule has 1 aliphatic carbocycles. The van der Waals surface area contributed by atoms with Crippen molar-refractivity contribution in [2.45, 2.75) is 71.1 Å². The van der Waals surface area contributed by atoms with Gasteiger partial charge < -0.3 is 15.3 Å². The molecule has 0 spiro atoms. The fourth-order valence-electron chi connectivity index (χ4n) is 3.62. The van der Waals surface area contributed by atoms with Gasteiger partial charge in [0.25, 0.3) is 0 Å². The average Bonchev–Trinajstić information content (AvgIpc) is 3.15. The van der Waals surface area contributed by atoms with Gasteiger partial charge in [-0.1, -0.05) is 26.0 Å². The lowest BCUT2D eigenvalue weighted by Crippen LogP contribution is -2.50. The van der Waals surface area contributed by atoms with Crippen LogP contribution in [0.25, 0.3) is 0 Å². The van der Waals surface area contributed by atoms with Crippen LogP contribution in [0.5, 0.6) is 0 Å². The number of aliphatic hydroxyl groups excluding tert-OH is 1. The summed E-state index contributed by atoms with van der Waals surface area (Å²) in [6.07, 6.45) is 3.66. The molecule has 1 aromatic heterocycles. The maximum absolute atomic E-state index is 13.4. The Morgan fingerprint density at radius 3 is 2.65 bits per heavy atom. The lowest BCUT2D eigenvalue weighted by molar-refractivity contribution is -0.144. The van der Waals surface area contributed by atoms with E-state index >= 15 is 0 Å². The number of nitrogens with zero attached hydrogens (tertiary/aromatic N) is 4. The number of hydrogen-bond acceptors (Lipinski definition) is 5. The summed E-state index contributed by atoms with van der Waals surface area (Å²) >= 11 is 0. The number of likely N-dealkylation sites (tertiary alicyclic amines) is 1. The quantitative estimate of drug-likeness (QED) is 0.807. The van der Waals surface area contributed by atoms with Crippen LogP contribution >= 0.6 is 0 Å². The summed E-state index contributed by atoms with van der Waals surface area (Å²) in [7, 11) is 0. The molecule has 2 aliphatic rings. The van der Waals surface area contributed by atoms with E-state index in [2.05, 4.69) is 15.6 Å². The number of rotatable bonds is 5. The van der Waals surface area contributed by atoms with Gasteiger partial charge in [0, 0.05) is 31.6 Å². The number of carbonyl (C=O) groups excluding carboxylic acids is 2. The molecule has 0 bridgehead atoms. The third-order valence-electron chi connectivity index (χ3n) is 5.06. The number of carbonyl (C=O) groups is 2. The van der Waals surface area contributed by atoms with Crippen LogP contribution < -0.4 is 5.32 Å². The van der Waals surface area contributed by atoms with Crippen LogP contribution in [0.4, 0.5) is 0 Å². The highest BCUT2D eigenvalue weighted by molar-refractivity contribution is 5.90. The Morgan fingerprint density at radius 1 is 1.38 bits per heavy atom. The summed E-state index contributed by atoms with van der Waals surface area (Å²) in [6.45, 7) is 8.41. The standard InChI is InChI=1S/C18H29N5O3/c1-5-19-16(25)14-8-12(24)9-22(14)17(26)15(18(2,3)4)23-10-13(20-21-23)11-6-7-11/h10-12,14-15,24H,5-9H2,1-4H3,(H,19,25). The molecule has 1 aliphatic heterocycles. The van der Waals surface area contributed by atoms with Crippen molar-refractivity contribution in [1.29, 1.82) is 0 Å². The van der Waals surface area contributed by atoms with Crippen molar-refractivity contribution in [1.82, 2.24) is 25.2 Å². The Hall–Kier alpha value is -1.96. The molecular formula is C18H29N5O3. The van der Waals surface area contributed by atoms with E-state index in [1.54, 1.807) is 4.68 Å². The van der Waals surface area contributed by atoms with Crippen LogP contribution in [-0.4, -0.2) is 62.0 Å². The van der Waals surface area contributed by atoms with Crippen LogP contribution in [0.3, 0.4) is 0 Å². The summed E-state index contributed by atoms with van der Waals surface area (Å²) in [5, 5.41) is 21.3. The number of aromatic nitrogens is 3. The van der Waals surface area contributed by atoms with Crippen molar-refractivity contribution in [3.05, 3.63) is 11.9 Å². The summed E-state index contributed by atoms with van der Waals surface area (Å²) in [4.78, 5) is 27.3. The molecule has 1 aromatic rings. The Kier molecular flexibility index (Phi) is 5.05. The first-order chi connectivity index (χ1) is 12.2. The van der Waals surface area contributed by atoms with Gasteiger partial charge in [-0.15, -0.1) is 5.10 Å². The normalized spacial score (nSPS) is 24.6. The fourth-order valence-corrected chi connectivity index (χ4v) is 3.62. The van der Waals surface area contributed by atoms with Gasteiger partial charge in [0.15, 0.2) is 0 Å². The highest BCUT2D eigenvalue weighted by Gasteiger charge is 2.45. The van der Waals surface area contributed by atoms with E-state index in [0.717, 1.165) is 18.5 Å². The number of nitrogens with one attached hydrogen (secondary N) is 1. The molecule has 3 rings (SSSR count). The van der Waals surface area contributed by atoms with E-state index in [-0.39, 0.29) is 24.8 Å². The molecule has 3 unspecified atom stereocenters. The van der Waals surface area contributed by atoms with E-state index in [4.69, 9.17) is 0 Å². The monoisotopic (exact) mass is 363 g/mol. The van der Waals surface area contributed by atoms with Gasteiger partial charge in [0.2, 0.25) is 11.8 Å². The molecule has 0 aromatic carbocycles. The largest absolute Gasteiger partial charge is 0.391 e. The maximum atomic E-state index is 13.4. The molecule has 144 valence electrons. The summed E-state index contributed by atoms with van der Waals surface area (Å²) in [5.74, 6) is 0.0380. The van der Waals surface area contributed by atoms with Crippen molar-refractivity contribution in [3.8, 4) is 0 Å². The van der Waals surface area contributed by atoms with E-state index in [0.29, 0.717) is 12.5 Å². The van der Waals surface area contributed by atoms with Crippen LogP contribution in [-0.2, 0) is 9.59 Å². The molecule has 1 saturated heterocycles. The minimum atomic E-state index is -0.690. The topological polar surface area (TPSA) is 100 Å². The first-order valence-electron chi connectivity index (χ1n) is 9.40. The molecule has 1 saturated carbocycles. The van der Waals surface area contributed by atoms with Crippen molar-refractivity contribution in [2.75, 3.05) is 13.1 Å². The zero-order chi connectivity index (χ0) is 19.1. The van der Waals surface area contributed by atoms with E-state index in [9.17, 15) is 14.7 Å². The molecule has 2 fully saturated rings. The number of hydrogen-bond donors (Lipinski definition) is 2. The number of likely N-dealkylation sites (N-methyl/N-ethyl adjacent to an activating group) is 1. The molecule has 2 heterocycles. The summed E-state index contributed by atoms with van der Waals surface area (Å²) in [6, 6.07) is -1.22. The second-order valence-electron chi connectivity index (χ2n) is 8.46. The maximum Gasteiger partial charge on any atom is 0.248 e. The highest BCUT2D eigenvalue weighted by Crippen LogP contribution is 2.40. The van der Waals surface area contributed by atoms with Gasteiger partial charge in [-0.3, -0.25) is 9.59 Å². The highest BCUT2D eigenvalue weighted by atomic mass is 16.3. The van der Waals surface area contributed by atoms with Gasteiger partial charge >= 0.3 is 0 Å². The molecule has 8 heteroatoms. The molecule has 3 atom stereocenters. The lowest BCUT2D eigenvalue weighted by atomic mass is 9.85. The van der Waals surface area contributed by atoms with Gasteiger partial charge in [-0.25, -0.2) is 4.68 Å². The first-order valence-corrected chi connectivity index (χ1v) is 9.40. The molecule has 2 N–H and O–H groups in total. The van der Waals surface area contributed by atoms with Gasteiger partial charge in [0.05, 0.1) is 11.8 Å². The van der Waals surface area contributed by atoms with E-state index < -0.39 is 23.6 Å². The Labute approximate surface area is 153 Å². The molecule has 2 amide bonds. The smallest absolute Gasteiger partial charge is 0.248 e. The number of amides is 2. The van der Waals surface area contributed by atoms with Crippen LogP contribution in [0.15, 0.2) is 6.20 Å². The average molecular weight is 363 g/mol. The molecule has 0 radical (unpaired) electrons. The van der Waals surface area contributed by atoms with Gasteiger partial charge in [-0.05, 0) is 25.2 Å². The molecule has 8 nitrogen and oxygen atoms in total. The second-order valence-corrected chi connectivity index (χ2v) is 8.46. The Balaban J connectivity index is 1.87. The third kappa shape index (κ3) is 3.75. The molecular weight excluding hydrogens is 334 g/mol. The zero-order valence-corrected chi connectivity index (χ0v) is 16.0.